The molecule has 1 atom stereocenters. The summed E-state index contributed by atoms with van der Waals surface area (Å²) >= 11 is 0. The summed E-state index contributed by atoms with van der Waals surface area (Å²) in [6.45, 7) is 5.61. The first-order valence-corrected chi connectivity index (χ1v) is 8.38. The van der Waals surface area contributed by atoms with Crippen molar-refractivity contribution in [2.45, 2.75) is 26.2 Å². The van der Waals surface area contributed by atoms with Crippen LogP contribution in [0.25, 0.3) is 0 Å². The third-order valence-electron chi connectivity index (χ3n) is 3.36. The zero-order valence-corrected chi connectivity index (χ0v) is 12.3. The van der Waals surface area contributed by atoms with E-state index >= 15 is 0 Å². The van der Waals surface area contributed by atoms with E-state index in [1.165, 1.54) is 0 Å². The largest absolute Gasteiger partial charge is 0.385 e. The number of nitrogens with zero attached hydrogens (tertiary/aromatic N) is 1. The van der Waals surface area contributed by atoms with Crippen LogP contribution in [0.3, 0.4) is 0 Å². The Morgan fingerprint density at radius 2 is 2.22 bits per heavy atom. The summed E-state index contributed by atoms with van der Waals surface area (Å²) in [5, 5.41) is 3.33. The zero-order valence-electron chi connectivity index (χ0n) is 11.5. The Kier molecular flexibility index (Phi) is 7.14. The molecule has 1 unspecified atom stereocenters. The Bertz CT molecular complexity index is 313. The van der Waals surface area contributed by atoms with Crippen LogP contribution in [0.15, 0.2) is 0 Å². The molecule has 1 saturated heterocycles. The molecule has 1 aliphatic heterocycles. The summed E-state index contributed by atoms with van der Waals surface area (Å²) in [7, 11) is -1.52. The van der Waals surface area contributed by atoms with Crippen LogP contribution in [0, 0.1) is 5.92 Å². The van der Waals surface area contributed by atoms with Gasteiger partial charge in [-0.1, -0.05) is 6.92 Å². The van der Waals surface area contributed by atoms with Crippen molar-refractivity contribution >= 4 is 10.0 Å². The molecule has 0 aromatic rings. The van der Waals surface area contributed by atoms with Gasteiger partial charge in [-0.25, -0.2) is 12.7 Å². The van der Waals surface area contributed by atoms with Crippen LogP contribution in [-0.4, -0.2) is 58.4 Å². The fraction of sp³-hybridized carbons (Fsp3) is 1.00. The van der Waals surface area contributed by atoms with E-state index in [1.807, 2.05) is 6.92 Å². The monoisotopic (exact) mass is 278 g/mol. The summed E-state index contributed by atoms with van der Waals surface area (Å²) in [5.41, 5.74) is 0. The van der Waals surface area contributed by atoms with Crippen LogP contribution >= 0.6 is 0 Å². The van der Waals surface area contributed by atoms with E-state index in [-0.39, 0.29) is 5.75 Å². The second-order valence-electron chi connectivity index (χ2n) is 4.83. The quantitative estimate of drug-likeness (QED) is 0.663. The van der Waals surface area contributed by atoms with Gasteiger partial charge < -0.3 is 10.1 Å². The minimum absolute atomic E-state index is 0.189. The van der Waals surface area contributed by atoms with Gasteiger partial charge in [-0.3, -0.25) is 0 Å². The molecule has 1 rings (SSSR count). The zero-order chi connectivity index (χ0) is 13.4. The lowest BCUT2D eigenvalue weighted by Gasteiger charge is -2.28. The summed E-state index contributed by atoms with van der Waals surface area (Å²) in [6, 6.07) is 0. The number of hydrogen-bond donors (Lipinski definition) is 1. The molecule has 0 aromatic heterocycles. The Labute approximate surface area is 111 Å². The molecule has 1 heterocycles. The van der Waals surface area contributed by atoms with Crippen molar-refractivity contribution in [3.63, 3.8) is 0 Å². The SMILES string of the molecule is CCN(CC1CCCNC1)S(=O)(=O)CCCOC. The van der Waals surface area contributed by atoms with Crippen molar-refractivity contribution in [3.8, 4) is 0 Å². The molecule has 0 aliphatic carbocycles. The number of hydrogen-bond acceptors (Lipinski definition) is 4. The van der Waals surface area contributed by atoms with Gasteiger partial charge in [-0.2, -0.15) is 0 Å². The van der Waals surface area contributed by atoms with Gasteiger partial charge in [0.2, 0.25) is 10.0 Å². The average molecular weight is 278 g/mol. The third-order valence-corrected chi connectivity index (χ3v) is 5.36. The molecule has 1 fully saturated rings. The number of nitrogens with one attached hydrogen (secondary N) is 1. The number of sulfonamides is 1. The Morgan fingerprint density at radius 3 is 2.78 bits per heavy atom. The topological polar surface area (TPSA) is 58.6 Å². The van der Waals surface area contributed by atoms with E-state index < -0.39 is 10.0 Å². The summed E-state index contributed by atoms with van der Waals surface area (Å²) in [5.74, 6) is 0.644. The maximum absolute atomic E-state index is 12.2. The summed E-state index contributed by atoms with van der Waals surface area (Å²) < 4.78 is 30.9. The predicted molar refractivity (Wildman–Crippen MR) is 73.1 cm³/mol. The number of methoxy groups -OCH3 is 1. The van der Waals surface area contributed by atoms with Crippen LogP contribution < -0.4 is 5.32 Å². The minimum atomic E-state index is -3.12. The van der Waals surface area contributed by atoms with Gasteiger partial charge in [-0.15, -0.1) is 0 Å². The van der Waals surface area contributed by atoms with E-state index in [1.54, 1.807) is 11.4 Å². The van der Waals surface area contributed by atoms with Gasteiger partial charge >= 0.3 is 0 Å². The van der Waals surface area contributed by atoms with Crippen LogP contribution in [0.5, 0.6) is 0 Å². The first-order valence-electron chi connectivity index (χ1n) is 6.77. The third kappa shape index (κ3) is 5.22. The molecule has 0 bridgehead atoms. The molecule has 5 nitrogen and oxygen atoms in total. The maximum Gasteiger partial charge on any atom is 0.214 e. The summed E-state index contributed by atoms with van der Waals surface area (Å²) in [4.78, 5) is 0. The molecule has 1 N–H and O–H groups in total. The predicted octanol–water partition coefficient (Wildman–Crippen LogP) is 0.674. The van der Waals surface area contributed by atoms with Crippen molar-refractivity contribution in [3.05, 3.63) is 0 Å². The lowest BCUT2D eigenvalue weighted by Crippen LogP contribution is -2.41. The highest BCUT2D eigenvalue weighted by atomic mass is 32.2. The van der Waals surface area contributed by atoms with Gasteiger partial charge in [0.05, 0.1) is 5.75 Å². The fourth-order valence-electron chi connectivity index (χ4n) is 2.32. The molecular formula is C12H26N2O3S. The Hall–Kier alpha value is -0.170. The smallest absolute Gasteiger partial charge is 0.214 e. The Balaban J connectivity index is 2.47. The van der Waals surface area contributed by atoms with E-state index in [4.69, 9.17) is 4.74 Å². The molecule has 6 heteroatoms. The highest BCUT2D eigenvalue weighted by Gasteiger charge is 2.24. The van der Waals surface area contributed by atoms with E-state index in [9.17, 15) is 8.42 Å². The van der Waals surface area contributed by atoms with E-state index in [0.717, 1.165) is 25.9 Å². The van der Waals surface area contributed by atoms with Crippen molar-refractivity contribution in [1.29, 1.82) is 0 Å². The fourth-order valence-corrected chi connectivity index (χ4v) is 3.89. The highest BCUT2D eigenvalue weighted by Crippen LogP contribution is 2.14. The van der Waals surface area contributed by atoms with Crippen LogP contribution in [0.2, 0.25) is 0 Å². The highest BCUT2D eigenvalue weighted by molar-refractivity contribution is 7.89. The van der Waals surface area contributed by atoms with Crippen molar-refractivity contribution in [1.82, 2.24) is 9.62 Å². The molecule has 1 aliphatic rings. The van der Waals surface area contributed by atoms with Crippen molar-refractivity contribution in [2.24, 2.45) is 5.92 Å². The molecule has 0 aromatic carbocycles. The van der Waals surface area contributed by atoms with Crippen LogP contribution in [0.4, 0.5) is 0 Å². The molecule has 0 amide bonds. The van der Waals surface area contributed by atoms with E-state index in [0.29, 0.717) is 32.0 Å². The number of ether oxygens (including phenoxy) is 1. The molecule has 0 spiro atoms. The van der Waals surface area contributed by atoms with Crippen molar-refractivity contribution in [2.75, 3.05) is 45.6 Å². The van der Waals surface area contributed by atoms with Gasteiger partial charge in [0, 0.05) is 26.8 Å². The second-order valence-corrected chi connectivity index (χ2v) is 6.91. The van der Waals surface area contributed by atoms with Crippen molar-refractivity contribution < 1.29 is 13.2 Å². The standard InChI is InChI=1S/C12H26N2O3S/c1-3-14(11-12-6-4-7-13-10-12)18(15,16)9-5-8-17-2/h12-13H,3-11H2,1-2H3. The Morgan fingerprint density at radius 1 is 1.44 bits per heavy atom. The number of piperidine rings is 1. The average Bonchev–Trinajstić information content (AvgIpc) is 2.37. The lowest BCUT2D eigenvalue weighted by molar-refractivity contribution is 0.199. The normalized spacial score (nSPS) is 21.4. The first-order chi connectivity index (χ1) is 8.60. The van der Waals surface area contributed by atoms with Crippen LogP contribution in [0.1, 0.15) is 26.2 Å². The van der Waals surface area contributed by atoms with Gasteiger partial charge in [0.15, 0.2) is 0 Å². The molecule has 108 valence electrons. The van der Waals surface area contributed by atoms with Gasteiger partial charge in [-0.05, 0) is 38.3 Å². The van der Waals surface area contributed by atoms with E-state index in [2.05, 4.69) is 5.32 Å². The molecule has 18 heavy (non-hydrogen) atoms. The lowest BCUT2D eigenvalue weighted by atomic mass is 10.00. The molecule has 0 saturated carbocycles. The minimum Gasteiger partial charge on any atom is -0.385 e. The second kappa shape index (κ2) is 8.09. The van der Waals surface area contributed by atoms with Gasteiger partial charge in [0.1, 0.15) is 0 Å². The molecular weight excluding hydrogens is 252 g/mol. The van der Waals surface area contributed by atoms with Crippen LogP contribution in [-0.2, 0) is 14.8 Å². The molecule has 0 radical (unpaired) electrons. The summed E-state index contributed by atoms with van der Waals surface area (Å²) in [6.07, 6.45) is 2.83. The number of rotatable bonds is 8. The first kappa shape index (κ1) is 15.9. The maximum atomic E-state index is 12.2. The van der Waals surface area contributed by atoms with Gasteiger partial charge in [0.25, 0.3) is 0 Å².